The molecule has 2 amide bonds. The van der Waals surface area contributed by atoms with Crippen LogP contribution in [0.5, 0.6) is 0 Å². The molecule has 12 heteroatoms. The highest BCUT2D eigenvalue weighted by molar-refractivity contribution is 8.01. The molecule has 0 unspecified atom stereocenters. The van der Waals surface area contributed by atoms with Gasteiger partial charge < -0.3 is 15.4 Å². The number of benzene rings is 1. The lowest BCUT2D eigenvalue weighted by Crippen LogP contribution is -2.26. The van der Waals surface area contributed by atoms with E-state index in [-0.39, 0.29) is 12.5 Å². The molecule has 0 saturated heterocycles. The Hall–Kier alpha value is -3.35. The normalized spacial score (nSPS) is 10.7. The number of carbonyl (C=O) groups excluding carboxylic acids is 2. The summed E-state index contributed by atoms with van der Waals surface area (Å²) in [6.45, 7) is 5.94. The molecule has 0 aliphatic carbocycles. The summed E-state index contributed by atoms with van der Waals surface area (Å²) in [7, 11) is 0. The predicted molar refractivity (Wildman–Crippen MR) is 136 cm³/mol. The fourth-order valence-electron chi connectivity index (χ4n) is 2.83. The number of amides is 2. The Kier molecular flexibility index (Phi) is 7.83. The van der Waals surface area contributed by atoms with Crippen LogP contribution >= 0.6 is 34.4 Å². The molecule has 174 valence electrons. The molecule has 2 N–H and O–H groups in total. The Morgan fingerprint density at radius 1 is 1.24 bits per heavy atom. The number of rotatable bonds is 9. The molecule has 34 heavy (non-hydrogen) atoms. The average Bonchev–Trinajstić information content (AvgIpc) is 3.43. The van der Waals surface area contributed by atoms with Crippen molar-refractivity contribution in [3.63, 3.8) is 0 Å². The number of fused-ring (bicyclic) bond motifs is 1. The fraction of sp³-hybridized carbons (Fsp3) is 0.182. The Morgan fingerprint density at radius 2 is 2.12 bits per heavy atom. The molecule has 0 aliphatic heterocycles. The standard InChI is InChI=1S/C22H20N6O3S3/c1-3-9-31-21(30)25-8-10-32-22-28-15-5-4-14(11-17(15)33-22)27-19(29)18-13(2)26-20(34-18)16-12-23-6-7-24-16/h3-7,11-12H,1,8-10H2,2H3,(H,25,30)(H,27,29). The molecule has 0 aliphatic rings. The quantitative estimate of drug-likeness (QED) is 0.187. The smallest absolute Gasteiger partial charge is 0.407 e. The van der Waals surface area contributed by atoms with Gasteiger partial charge in [0.05, 0.1) is 22.1 Å². The molecule has 1 aromatic carbocycles. The summed E-state index contributed by atoms with van der Waals surface area (Å²) in [6, 6.07) is 5.60. The minimum absolute atomic E-state index is 0.182. The molecule has 3 heterocycles. The first-order valence-corrected chi connectivity index (χ1v) is 12.8. The van der Waals surface area contributed by atoms with Gasteiger partial charge >= 0.3 is 6.09 Å². The van der Waals surface area contributed by atoms with Crippen LogP contribution in [0.15, 0.2) is 53.8 Å². The van der Waals surface area contributed by atoms with Gasteiger partial charge in [0.1, 0.15) is 22.2 Å². The van der Waals surface area contributed by atoms with Crippen LogP contribution in [0, 0.1) is 6.92 Å². The molecule has 3 aromatic heterocycles. The molecule has 4 rings (SSSR count). The van der Waals surface area contributed by atoms with Gasteiger partial charge in [-0.05, 0) is 25.1 Å². The van der Waals surface area contributed by atoms with E-state index in [9.17, 15) is 9.59 Å². The number of thioether (sulfide) groups is 1. The molecular formula is C22H20N6O3S3. The number of nitrogens with one attached hydrogen (secondary N) is 2. The molecule has 0 saturated carbocycles. The van der Waals surface area contributed by atoms with Crippen LogP contribution < -0.4 is 10.6 Å². The van der Waals surface area contributed by atoms with Gasteiger partial charge in [0.2, 0.25) is 0 Å². The second-order valence-corrected chi connectivity index (χ2v) is 10.2. The summed E-state index contributed by atoms with van der Waals surface area (Å²) >= 11 is 4.36. The largest absolute Gasteiger partial charge is 0.445 e. The van der Waals surface area contributed by atoms with E-state index in [1.807, 2.05) is 18.2 Å². The van der Waals surface area contributed by atoms with E-state index in [0.29, 0.717) is 39.3 Å². The summed E-state index contributed by atoms with van der Waals surface area (Å²) in [5.41, 5.74) is 2.80. The molecule has 0 bridgehead atoms. The summed E-state index contributed by atoms with van der Waals surface area (Å²) in [6.07, 6.45) is 5.86. The third-order valence-electron chi connectivity index (χ3n) is 4.34. The van der Waals surface area contributed by atoms with Gasteiger partial charge in [-0.25, -0.2) is 14.8 Å². The zero-order chi connectivity index (χ0) is 23.9. The number of alkyl carbamates (subject to hydrolysis) is 1. The molecular weight excluding hydrogens is 492 g/mol. The van der Waals surface area contributed by atoms with Gasteiger partial charge in [-0.1, -0.05) is 24.4 Å². The van der Waals surface area contributed by atoms with Crippen LogP contribution in [0.3, 0.4) is 0 Å². The first-order valence-electron chi connectivity index (χ1n) is 10.1. The highest BCUT2D eigenvalue weighted by Crippen LogP contribution is 2.32. The third-order valence-corrected chi connectivity index (χ3v) is 7.68. The van der Waals surface area contributed by atoms with E-state index >= 15 is 0 Å². The first kappa shape index (κ1) is 23.8. The molecule has 0 radical (unpaired) electrons. The van der Waals surface area contributed by atoms with Crippen molar-refractivity contribution in [1.82, 2.24) is 25.3 Å². The maximum atomic E-state index is 12.9. The van der Waals surface area contributed by atoms with Crippen LogP contribution in [0.1, 0.15) is 15.4 Å². The topological polar surface area (TPSA) is 119 Å². The summed E-state index contributed by atoms with van der Waals surface area (Å²) < 4.78 is 6.70. The lowest BCUT2D eigenvalue weighted by Gasteiger charge is -2.03. The number of hydrogen-bond donors (Lipinski definition) is 2. The minimum atomic E-state index is -0.467. The van der Waals surface area contributed by atoms with Gasteiger partial charge in [0.25, 0.3) is 5.91 Å². The van der Waals surface area contributed by atoms with Gasteiger partial charge in [-0.15, -0.1) is 22.7 Å². The van der Waals surface area contributed by atoms with Gasteiger partial charge in [-0.3, -0.25) is 14.8 Å². The van der Waals surface area contributed by atoms with Crippen LogP contribution in [0.4, 0.5) is 10.5 Å². The zero-order valence-electron chi connectivity index (χ0n) is 18.1. The molecule has 4 aromatic rings. The van der Waals surface area contributed by atoms with E-state index in [2.05, 4.69) is 37.1 Å². The number of ether oxygens (including phenoxy) is 1. The SMILES string of the molecule is C=CCOC(=O)NCCSc1nc2ccc(NC(=O)c3sc(-c4cnccn4)nc3C)cc2s1. The summed E-state index contributed by atoms with van der Waals surface area (Å²) in [4.78, 5) is 42.2. The van der Waals surface area contributed by atoms with Crippen molar-refractivity contribution >= 4 is 62.3 Å². The van der Waals surface area contributed by atoms with E-state index in [0.717, 1.165) is 14.6 Å². The molecule has 0 fully saturated rings. The Balaban J connectivity index is 1.37. The van der Waals surface area contributed by atoms with Crippen LogP contribution in [0.2, 0.25) is 0 Å². The van der Waals surface area contributed by atoms with Gasteiger partial charge in [-0.2, -0.15) is 0 Å². The van der Waals surface area contributed by atoms with Crippen molar-refractivity contribution < 1.29 is 14.3 Å². The fourth-order valence-corrected chi connectivity index (χ4v) is 5.79. The van der Waals surface area contributed by atoms with Crippen molar-refractivity contribution in [3.8, 4) is 10.7 Å². The average molecular weight is 513 g/mol. The van der Waals surface area contributed by atoms with Crippen molar-refractivity contribution in [2.45, 2.75) is 11.3 Å². The van der Waals surface area contributed by atoms with E-state index < -0.39 is 6.09 Å². The number of hydrogen-bond acceptors (Lipinski definition) is 10. The van der Waals surface area contributed by atoms with Gasteiger partial charge in [0.15, 0.2) is 4.34 Å². The van der Waals surface area contributed by atoms with Crippen molar-refractivity contribution in [2.24, 2.45) is 0 Å². The van der Waals surface area contributed by atoms with E-state index in [1.54, 1.807) is 37.3 Å². The van der Waals surface area contributed by atoms with Crippen molar-refractivity contribution in [1.29, 1.82) is 0 Å². The maximum absolute atomic E-state index is 12.9. The van der Waals surface area contributed by atoms with Gasteiger partial charge in [0, 0.05) is 30.4 Å². The molecule has 0 spiro atoms. The van der Waals surface area contributed by atoms with Crippen molar-refractivity contribution in [2.75, 3.05) is 24.2 Å². The number of nitrogens with zero attached hydrogens (tertiary/aromatic N) is 4. The Bertz CT molecular complexity index is 1320. The van der Waals surface area contributed by atoms with Crippen LogP contribution in [-0.2, 0) is 4.74 Å². The minimum Gasteiger partial charge on any atom is -0.445 e. The second kappa shape index (κ2) is 11.2. The molecule has 0 atom stereocenters. The number of aromatic nitrogens is 4. The Labute approximate surface area is 207 Å². The highest BCUT2D eigenvalue weighted by Gasteiger charge is 2.17. The lowest BCUT2D eigenvalue weighted by molar-refractivity contribution is 0.102. The number of thiazole rings is 2. The lowest BCUT2D eigenvalue weighted by atomic mass is 10.3. The van der Waals surface area contributed by atoms with Crippen molar-refractivity contribution in [3.05, 3.63) is 60.0 Å². The second-order valence-electron chi connectivity index (χ2n) is 6.80. The number of carbonyl (C=O) groups is 2. The zero-order valence-corrected chi connectivity index (χ0v) is 20.6. The monoisotopic (exact) mass is 512 g/mol. The maximum Gasteiger partial charge on any atom is 0.407 e. The van der Waals surface area contributed by atoms with E-state index in [1.165, 1.54) is 28.7 Å². The summed E-state index contributed by atoms with van der Waals surface area (Å²) in [5, 5.41) is 6.27. The molecule has 9 nitrogen and oxygen atoms in total. The van der Waals surface area contributed by atoms with Crippen LogP contribution in [-0.4, -0.2) is 50.8 Å². The highest BCUT2D eigenvalue weighted by atomic mass is 32.2. The number of aryl methyl sites for hydroxylation is 1. The third kappa shape index (κ3) is 5.95. The predicted octanol–water partition coefficient (Wildman–Crippen LogP) is 4.77. The van der Waals surface area contributed by atoms with Crippen LogP contribution in [0.25, 0.3) is 20.9 Å². The van der Waals surface area contributed by atoms with E-state index in [4.69, 9.17) is 4.74 Å². The first-order chi connectivity index (χ1) is 16.5. The number of anilines is 1. The summed E-state index contributed by atoms with van der Waals surface area (Å²) in [5.74, 6) is 0.434. The Morgan fingerprint density at radius 3 is 2.91 bits per heavy atom.